The maximum absolute atomic E-state index is 6.97. The Labute approximate surface area is 255 Å². The lowest BCUT2D eigenvalue weighted by Crippen LogP contribution is -2.71. The molecule has 4 bridgehead atoms. The molecule has 2 saturated carbocycles. The molecule has 10 nitrogen and oxygen atoms in total. The van der Waals surface area contributed by atoms with Crippen molar-refractivity contribution in [3.63, 3.8) is 0 Å². The summed E-state index contributed by atoms with van der Waals surface area (Å²) < 4.78 is 27.2. The zero-order valence-electron chi connectivity index (χ0n) is 26.9. The van der Waals surface area contributed by atoms with Crippen molar-refractivity contribution in [2.45, 2.75) is 147 Å². The molecule has 2 spiro atoms. The summed E-state index contributed by atoms with van der Waals surface area (Å²) in [6, 6.07) is 0. The van der Waals surface area contributed by atoms with Gasteiger partial charge in [0.2, 0.25) is 11.6 Å². The van der Waals surface area contributed by atoms with E-state index in [9.17, 15) is 0 Å². The number of nitrogens with zero attached hydrogens (tertiary/aromatic N) is 1. The highest BCUT2D eigenvalue weighted by molar-refractivity contribution is 5.89. The van der Waals surface area contributed by atoms with Gasteiger partial charge in [-0.15, -0.1) is 0 Å². The standard InChI is InChI=1S/C33H51NO9/c1-17-8-10-23-19(3)26(36-28-32(23)21(17)12-14-30(5,38-28)40-42-32)16-25(34-35-7)27-20(4)24-11-9-18(2)22-13-15-31(6)39-29(37-27)33(22,24)43-41-31/h17-24,26-29H,8-16H2,1-7H3/b34-25-/t17-,18-,19-,20-,21+,22+,23+,24+,26-,27+,28-,29-,30-,31-,32-,33-/m1/s1. The minimum Gasteiger partial charge on any atom is -0.399 e. The zero-order chi connectivity index (χ0) is 29.9. The molecule has 0 aromatic carbocycles. The third-order valence-corrected chi connectivity index (χ3v) is 13.4. The second kappa shape index (κ2) is 10.1. The van der Waals surface area contributed by atoms with E-state index in [1.165, 1.54) is 6.42 Å². The SMILES string of the molecule is CO/N=C(/C[C@H]1O[C@@H]2O[C@@]3(C)CC[C@H]4[C@H](C)CC[C@@H]([C@H]1C)[C@@]24OO3)[C@H]1O[C@@H]2O[C@@]3(C)CC[C@H]4[C@H](C)CC[C@@H]([C@H]1C)[C@@]24OO3. The van der Waals surface area contributed by atoms with Crippen LogP contribution in [0.25, 0.3) is 0 Å². The highest BCUT2D eigenvalue weighted by Gasteiger charge is 2.71. The molecule has 2 aliphatic carbocycles. The van der Waals surface area contributed by atoms with Crippen LogP contribution in [0, 0.1) is 47.3 Å². The molecule has 10 fully saturated rings. The number of rotatable bonds is 4. The minimum atomic E-state index is -0.820. The van der Waals surface area contributed by atoms with Crippen LogP contribution in [-0.4, -0.2) is 60.4 Å². The lowest BCUT2D eigenvalue weighted by atomic mass is 9.56. The van der Waals surface area contributed by atoms with Gasteiger partial charge in [-0.3, -0.25) is 0 Å². The van der Waals surface area contributed by atoms with Crippen molar-refractivity contribution >= 4 is 5.71 Å². The van der Waals surface area contributed by atoms with E-state index in [4.69, 9.17) is 43.3 Å². The first-order chi connectivity index (χ1) is 20.5. The van der Waals surface area contributed by atoms with Crippen LogP contribution in [0.4, 0.5) is 0 Å². The summed E-state index contributed by atoms with van der Waals surface area (Å²) in [5.41, 5.74) is -0.348. The Bertz CT molecular complexity index is 1140. The van der Waals surface area contributed by atoms with Gasteiger partial charge < -0.3 is 23.8 Å². The van der Waals surface area contributed by atoms with E-state index in [1.54, 1.807) is 7.11 Å². The van der Waals surface area contributed by atoms with Gasteiger partial charge in [0.05, 0.1) is 11.8 Å². The lowest BCUT2D eigenvalue weighted by Gasteiger charge is -2.61. The van der Waals surface area contributed by atoms with Gasteiger partial charge in [-0.05, 0) is 87.9 Å². The second-order valence-corrected chi connectivity index (χ2v) is 15.7. The van der Waals surface area contributed by atoms with Crippen molar-refractivity contribution in [2.75, 3.05) is 7.11 Å². The van der Waals surface area contributed by atoms with Crippen LogP contribution in [0.2, 0.25) is 0 Å². The summed E-state index contributed by atoms with van der Waals surface area (Å²) in [7, 11) is 1.61. The van der Waals surface area contributed by atoms with Crippen molar-refractivity contribution in [1.82, 2.24) is 0 Å². The molecule has 0 radical (unpaired) electrons. The lowest BCUT2D eigenvalue weighted by molar-refractivity contribution is -0.571. The molecular weight excluding hydrogens is 554 g/mol. The Morgan fingerprint density at radius 1 is 0.674 bits per heavy atom. The van der Waals surface area contributed by atoms with E-state index in [1.807, 2.05) is 13.8 Å². The molecular formula is C33H51NO9. The van der Waals surface area contributed by atoms with Gasteiger partial charge in [-0.2, -0.15) is 0 Å². The van der Waals surface area contributed by atoms with Crippen LogP contribution in [0.15, 0.2) is 5.16 Å². The van der Waals surface area contributed by atoms with Crippen LogP contribution >= 0.6 is 0 Å². The summed E-state index contributed by atoms with van der Waals surface area (Å²) in [5.74, 6) is 0.863. The summed E-state index contributed by atoms with van der Waals surface area (Å²) in [6.07, 6.45) is 7.16. The molecule has 0 aromatic heterocycles. The molecule has 0 N–H and O–H groups in total. The van der Waals surface area contributed by atoms with Crippen molar-refractivity contribution in [3.05, 3.63) is 0 Å². The molecule has 0 unspecified atom stereocenters. The molecule has 10 rings (SSSR count). The second-order valence-electron chi connectivity index (χ2n) is 15.7. The maximum Gasteiger partial charge on any atom is 0.201 e. The van der Waals surface area contributed by atoms with Gasteiger partial charge in [0, 0.05) is 31.1 Å². The summed E-state index contributed by atoms with van der Waals surface area (Å²) in [6.45, 7) is 13.2. The van der Waals surface area contributed by atoms with Gasteiger partial charge in [0.1, 0.15) is 13.2 Å². The van der Waals surface area contributed by atoms with Crippen molar-refractivity contribution in [1.29, 1.82) is 0 Å². The van der Waals surface area contributed by atoms with Gasteiger partial charge in [-0.1, -0.05) is 32.9 Å². The largest absolute Gasteiger partial charge is 0.399 e. The van der Waals surface area contributed by atoms with E-state index in [2.05, 4.69) is 32.9 Å². The molecule has 8 heterocycles. The highest BCUT2D eigenvalue weighted by atomic mass is 17.3. The number of hydrogen-bond donors (Lipinski definition) is 0. The smallest absolute Gasteiger partial charge is 0.201 e. The van der Waals surface area contributed by atoms with E-state index in [0.717, 1.165) is 50.7 Å². The molecule has 8 aliphatic heterocycles. The maximum atomic E-state index is 6.97. The summed E-state index contributed by atoms with van der Waals surface area (Å²) in [4.78, 5) is 30.3. The fourth-order valence-electron chi connectivity index (χ4n) is 11.0. The molecule has 242 valence electrons. The fourth-order valence-corrected chi connectivity index (χ4v) is 11.0. The number of hydrogen-bond acceptors (Lipinski definition) is 10. The first kappa shape index (κ1) is 29.5. The average Bonchev–Trinajstić information content (AvgIpc) is 3.35. The summed E-state index contributed by atoms with van der Waals surface area (Å²) >= 11 is 0. The normalized spacial score (nSPS) is 59.1. The molecule has 10 aliphatic rings. The Morgan fingerprint density at radius 2 is 1.21 bits per heavy atom. The fraction of sp³-hybridized carbons (Fsp3) is 0.970. The van der Waals surface area contributed by atoms with E-state index >= 15 is 0 Å². The molecule has 0 aromatic rings. The van der Waals surface area contributed by atoms with Gasteiger partial charge in [0.15, 0.2) is 23.8 Å². The highest BCUT2D eigenvalue weighted by Crippen LogP contribution is 2.63. The quantitative estimate of drug-likeness (QED) is 0.221. The van der Waals surface area contributed by atoms with Crippen LogP contribution in [0.3, 0.4) is 0 Å². The van der Waals surface area contributed by atoms with E-state index in [-0.39, 0.29) is 35.9 Å². The Morgan fingerprint density at radius 3 is 1.77 bits per heavy atom. The Hall–Kier alpha value is -0.850. The summed E-state index contributed by atoms with van der Waals surface area (Å²) in [5, 5.41) is 4.65. The van der Waals surface area contributed by atoms with Crippen molar-refractivity contribution in [2.24, 2.45) is 52.5 Å². The zero-order valence-corrected chi connectivity index (χ0v) is 26.9. The predicted octanol–water partition coefficient (Wildman–Crippen LogP) is 5.88. The van der Waals surface area contributed by atoms with Crippen LogP contribution in [-0.2, 0) is 43.3 Å². The molecule has 10 heteroatoms. The number of fused-ring (bicyclic) bond motifs is 4. The molecule has 43 heavy (non-hydrogen) atoms. The van der Waals surface area contributed by atoms with Gasteiger partial charge in [-0.25, -0.2) is 19.6 Å². The van der Waals surface area contributed by atoms with E-state index in [0.29, 0.717) is 30.1 Å². The van der Waals surface area contributed by atoms with Crippen LogP contribution in [0.5, 0.6) is 0 Å². The average molecular weight is 606 g/mol. The molecule has 8 saturated heterocycles. The molecule has 16 atom stereocenters. The predicted molar refractivity (Wildman–Crippen MR) is 153 cm³/mol. The van der Waals surface area contributed by atoms with Gasteiger partial charge >= 0.3 is 0 Å². The molecule has 0 amide bonds. The van der Waals surface area contributed by atoms with Crippen LogP contribution in [0.1, 0.15) is 99.3 Å². The Balaban J connectivity index is 1.10. The monoisotopic (exact) mass is 605 g/mol. The third kappa shape index (κ3) is 4.09. The number of ether oxygens (including phenoxy) is 4. The first-order valence-electron chi connectivity index (χ1n) is 17.0. The third-order valence-electron chi connectivity index (χ3n) is 13.4. The minimum absolute atomic E-state index is 0.126. The van der Waals surface area contributed by atoms with E-state index < -0.39 is 35.4 Å². The Kier molecular flexibility index (Phi) is 6.92. The van der Waals surface area contributed by atoms with Gasteiger partial charge in [0.25, 0.3) is 0 Å². The number of oxime groups is 1. The van der Waals surface area contributed by atoms with Crippen molar-refractivity contribution < 1.29 is 43.3 Å². The van der Waals surface area contributed by atoms with Crippen LogP contribution < -0.4 is 0 Å². The topological polar surface area (TPSA) is 95.4 Å². The van der Waals surface area contributed by atoms with Crippen molar-refractivity contribution in [3.8, 4) is 0 Å². The first-order valence-corrected chi connectivity index (χ1v) is 17.0.